The molecule has 0 radical (unpaired) electrons. The number of fused-ring (bicyclic) bond motifs is 1. The molecule has 3 rings (SSSR count). The van der Waals surface area contributed by atoms with Crippen LogP contribution >= 0.6 is 0 Å². The summed E-state index contributed by atoms with van der Waals surface area (Å²) in [5.74, 6) is 0.900. The van der Waals surface area contributed by atoms with Crippen molar-refractivity contribution in [3.05, 3.63) is 0 Å². The molecule has 3 atom stereocenters. The second kappa shape index (κ2) is 7.24. The van der Waals surface area contributed by atoms with Crippen LogP contribution in [0.3, 0.4) is 0 Å². The highest BCUT2D eigenvalue weighted by Crippen LogP contribution is 2.30. The molecule has 116 valence electrons. The summed E-state index contributed by atoms with van der Waals surface area (Å²) in [6, 6.07) is 1.79. The van der Waals surface area contributed by atoms with Gasteiger partial charge in [0.25, 0.3) is 0 Å². The molecule has 3 unspecified atom stereocenters. The van der Waals surface area contributed by atoms with E-state index in [-0.39, 0.29) is 0 Å². The van der Waals surface area contributed by atoms with E-state index in [1.807, 2.05) is 0 Å². The van der Waals surface area contributed by atoms with Crippen molar-refractivity contribution in [3.8, 4) is 0 Å². The highest BCUT2D eigenvalue weighted by Gasteiger charge is 2.34. The van der Waals surface area contributed by atoms with Crippen molar-refractivity contribution < 1.29 is 0 Å². The first-order valence-corrected chi connectivity index (χ1v) is 9.05. The number of hydrogen-bond acceptors (Lipinski definition) is 3. The highest BCUT2D eigenvalue weighted by molar-refractivity contribution is 4.91. The highest BCUT2D eigenvalue weighted by atomic mass is 15.2. The van der Waals surface area contributed by atoms with E-state index in [1.54, 1.807) is 0 Å². The normalized spacial score (nSPS) is 35.4. The lowest BCUT2D eigenvalue weighted by atomic mass is 9.93. The van der Waals surface area contributed by atoms with E-state index in [4.69, 9.17) is 0 Å². The molecule has 0 aromatic heterocycles. The fourth-order valence-corrected chi connectivity index (χ4v) is 4.66. The lowest BCUT2D eigenvalue weighted by Crippen LogP contribution is -2.50. The van der Waals surface area contributed by atoms with E-state index in [1.165, 1.54) is 84.2 Å². The van der Waals surface area contributed by atoms with Crippen molar-refractivity contribution in [3.63, 3.8) is 0 Å². The molecule has 3 aliphatic heterocycles. The Labute approximate surface area is 125 Å². The maximum atomic E-state index is 3.59. The van der Waals surface area contributed by atoms with E-state index in [2.05, 4.69) is 22.0 Å². The van der Waals surface area contributed by atoms with Crippen LogP contribution < -0.4 is 5.32 Å². The molecule has 0 saturated carbocycles. The van der Waals surface area contributed by atoms with E-state index < -0.39 is 0 Å². The van der Waals surface area contributed by atoms with Gasteiger partial charge in [-0.15, -0.1) is 0 Å². The monoisotopic (exact) mass is 279 g/mol. The summed E-state index contributed by atoms with van der Waals surface area (Å²) in [7, 11) is 0. The number of hydrogen-bond donors (Lipinski definition) is 1. The second-order valence-corrected chi connectivity index (χ2v) is 7.22. The summed E-state index contributed by atoms with van der Waals surface area (Å²) >= 11 is 0. The van der Waals surface area contributed by atoms with Gasteiger partial charge in [-0.05, 0) is 83.6 Å². The zero-order chi connectivity index (χ0) is 13.8. The largest absolute Gasteiger partial charge is 0.316 e. The van der Waals surface area contributed by atoms with Crippen LogP contribution in [0.4, 0.5) is 0 Å². The summed E-state index contributed by atoms with van der Waals surface area (Å²) in [5, 5.41) is 3.59. The molecule has 0 spiro atoms. The minimum absolute atomic E-state index is 0.872. The number of rotatable bonds is 5. The minimum Gasteiger partial charge on any atom is -0.316 e. The molecule has 0 amide bonds. The van der Waals surface area contributed by atoms with Crippen LogP contribution in [0.15, 0.2) is 0 Å². The van der Waals surface area contributed by atoms with Crippen LogP contribution in [0, 0.1) is 5.92 Å². The van der Waals surface area contributed by atoms with E-state index in [0.717, 1.165) is 18.0 Å². The zero-order valence-corrected chi connectivity index (χ0v) is 13.3. The maximum absolute atomic E-state index is 3.59. The van der Waals surface area contributed by atoms with Crippen LogP contribution in [-0.4, -0.2) is 61.2 Å². The van der Waals surface area contributed by atoms with Crippen molar-refractivity contribution in [1.29, 1.82) is 0 Å². The topological polar surface area (TPSA) is 18.5 Å². The van der Waals surface area contributed by atoms with Crippen LogP contribution in [0.5, 0.6) is 0 Å². The lowest BCUT2D eigenvalue weighted by molar-refractivity contribution is 0.0726. The SMILES string of the molecule is CCCN(CC1CCCNC1)C1CCN2CCCC2C1. The van der Waals surface area contributed by atoms with Crippen molar-refractivity contribution in [1.82, 2.24) is 15.1 Å². The van der Waals surface area contributed by atoms with Gasteiger partial charge < -0.3 is 10.2 Å². The van der Waals surface area contributed by atoms with Crippen molar-refractivity contribution in [2.24, 2.45) is 5.92 Å². The molecule has 3 heterocycles. The average molecular weight is 279 g/mol. The standard InChI is InChI=1S/C17H33N3/c1-2-9-20(14-15-5-3-8-18-13-15)17-7-11-19-10-4-6-16(19)12-17/h15-18H,2-14H2,1H3. The first kappa shape index (κ1) is 14.8. The molecule has 3 fully saturated rings. The Kier molecular flexibility index (Phi) is 5.36. The minimum atomic E-state index is 0.872. The van der Waals surface area contributed by atoms with Gasteiger partial charge in [0, 0.05) is 18.6 Å². The van der Waals surface area contributed by atoms with Crippen LogP contribution in [0.1, 0.15) is 51.9 Å². The summed E-state index contributed by atoms with van der Waals surface area (Å²) in [6.07, 6.45) is 9.89. The molecule has 0 bridgehead atoms. The number of piperidine rings is 2. The molecule has 3 nitrogen and oxygen atoms in total. The molecule has 1 N–H and O–H groups in total. The molecule has 3 heteroatoms. The first-order chi connectivity index (χ1) is 9.86. The Morgan fingerprint density at radius 2 is 2.10 bits per heavy atom. The van der Waals surface area contributed by atoms with Gasteiger partial charge in [-0.2, -0.15) is 0 Å². The van der Waals surface area contributed by atoms with Gasteiger partial charge >= 0.3 is 0 Å². The molecule has 3 saturated heterocycles. The van der Waals surface area contributed by atoms with Crippen LogP contribution in [-0.2, 0) is 0 Å². The maximum Gasteiger partial charge on any atom is 0.0122 e. The molecule has 0 aromatic rings. The van der Waals surface area contributed by atoms with Crippen molar-refractivity contribution in [2.45, 2.75) is 64.0 Å². The van der Waals surface area contributed by atoms with Gasteiger partial charge in [-0.25, -0.2) is 0 Å². The predicted octanol–water partition coefficient (Wildman–Crippen LogP) is 2.32. The lowest BCUT2D eigenvalue weighted by Gasteiger charge is -2.42. The molecular weight excluding hydrogens is 246 g/mol. The smallest absolute Gasteiger partial charge is 0.0122 e. The molecule has 20 heavy (non-hydrogen) atoms. The van der Waals surface area contributed by atoms with Crippen molar-refractivity contribution in [2.75, 3.05) is 39.3 Å². The van der Waals surface area contributed by atoms with Gasteiger partial charge in [0.2, 0.25) is 0 Å². The quantitative estimate of drug-likeness (QED) is 0.833. The average Bonchev–Trinajstić information content (AvgIpc) is 2.95. The third-order valence-electron chi connectivity index (χ3n) is 5.71. The first-order valence-electron chi connectivity index (χ1n) is 9.05. The van der Waals surface area contributed by atoms with Gasteiger partial charge in [0.15, 0.2) is 0 Å². The summed E-state index contributed by atoms with van der Waals surface area (Å²) < 4.78 is 0. The Bertz CT molecular complexity index is 288. The van der Waals surface area contributed by atoms with Gasteiger partial charge in [0.05, 0.1) is 0 Å². The van der Waals surface area contributed by atoms with Gasteiger partial charge in [-0.3, -0.25) is 4.90 Å². The van der Waals surface area contributed by atoms with Crippen molar-refractivity contribution >= 4 is 0 Å². The fourth-order valence-electron chi connectivity index (χ4n) is 4.66. The Hall–Kier alpha value is -0.120. The second-order valence-electron chi connectivity index (χ2n) is 7.22. The Balaban J connectivity index is 1.55. The van der Waals surface area contributed by atoms with Gasteiger partial charge in [-0.1, -0.05) is 6.92 Å². The molecule has 0 aromatic carbocycles. The molecular formula is C17H33N3. The number of nitrogens with one attached hydrogen (secondary N) is 1. The summed E-state index contributed by atoms with van der Waals surface area (Å²) in [5.41, 5.74) is 0. The van der Waals surface area contributed by atoms with Gasteiger partial charge in [0.1, 0.15) is 0 Å². The third-order valence-corrected chi connectivity index (χ3v) is 5.71. The molecule has 0 aliphatic carbocycles. The van der Waals surface area contributed by atoms with E-state index in [0.29, 0.717) is 0 Å². The summed E-state index contributed by atoms with van der Waals surface area (Å²) in [6.45, 7) is 10.2. The fraction of sp³-hybridized carbons (Fsp3) is 1.00. The van der Waals surface area contributed by atoms with Crippen LogP contribution in [0.2, 0.25) is 0 Å². The third kappa shape index (κ3) is 3.55. The molecule has 3 aliphatic rings. The van der Waals surface area contributed by atoms with E-state index in [9.17, 15) is 0 Å². The van der Waals surface area contributed by atoms with Crippen LogP contribution in [0.25, 0.3) is 0 Å². The Morgan fingerprint density at radius 3 is 2.90 bits per heavy atom. The summed E-state index contributed by atoms with van der Waals surface area (Å²) in [4.78, 5) is 5.61. The Morgan fingerprint density at radius 1 is 1.15 bits per heavy atom. The van der Waals surface area contributed by atoms with E-state index >= 15 is 0 Å². The predicted molar refractivity (Wildman–Crippen MR) is 85.1 cm³/mol. The zero-order valence-electron chi connectivity index (χ0n) is 13.3. The number of nitrogens with zero attached hydrogens (tertiary/aromatic N) is 2.